The Morgan fingerprint density at radius 2 is 1.66 bits per heavy atom. The van der Waals surface area contributed by atoms with Gasteiger partial charge in [0.15, 0.2) is 0 Å². The van der Waals surface area contributed by atoms with Crippen LogP contribution in [0.2, 0.25) is 5.02 Å². The maximum absolute atomic E-state index is 13.0. The molecule has 0 saturated heterocycles. The third kappa shape index (κ3) is 5.63. The number of amides is 2. The highest BCUT2D eigenvalue weighted by atomic mass is 35.5. The minimum atomic E-state index is -0.444. The molecule has 32 heavy (non-hydrogen) atoms. The maximum Gasteiger partial charge on any atom is 0.318 e. The average molecular weight is 459 g/mol. The second-order valence-corrected chi connectivity index (χ2v) is 9.80. The third-order valence-corrected chi connectivity index (χ3v) is 6.70. The number of hydrogen-bond acceptors (Lipinski definition) is 5. The Bertz CT molecular complexity index is 923. The molecule has 1 saturated carbocycles. The Hall–Kier alpha value is -2.54. The van der Waals surface area contributed by atoms with E-state index in [1.54, 1.807) is 4.90 Å². The lowest BCUT2D eigenvalue weighted by Crippen LogP contribution is -2.51. The molecule has 3 rings (SSSR count). The van der Waals surface area contributed by atoms with Gasteiger partial charge in [-0.1, -0.05) is 23.7 Å². The van der Waals surface area contributed by atoms with Crippen molar-refractivity contribution < 1.29 is 4.79 Å². The van der Waals surface area contributed by atoms with E-state index in [9.17, 15) is 4.79 Å². The Balaban J connectivity index is 1.52. The molecule has 1 heterocycles. The van der Waals surface area contributed by atoms with Crippen LogP contribution in [0.15, 0.2) is 30.5 Å². The van der Waals surface area contributed by atoms with Gasteiger partial charge in [-0.3, -0.25) is 0 Å². The van der Waals surface area contributed by atoms with Gasteiger partial charge in [0.05, 0.1) is 5.54 Å². The molecular weight excluding hydrogens is 424 g/mol. The van der Waals surface area contributed by atoms with E-state index in [1.807, 2.05) is 77.3 Å². The zero-order chi connectivity index (χ0) is 23.5. The number of anilines is 2. The first kappa shape index (κ1) is 24.1. The summed E-state index contributed by atoms with van der Waals surface area (Å²) in [5.74, 6) is 1.59. The monoisotopic (exact) mass is 458 g/mol. The van der Waals surface area contributed by atoms with Crippen molar-refractivity contribution in [3.05, 3.63) is 46.6 Å². The highest BCUT2D eigenvalue weighted by Crippen LogP contribution is 2.28. The lowest BCUT2D eigenvalue weighted by molar-refractivity contribution is 0.150. The standard InChI is InChI=1S/C24H35ClN6O/c1-16-15-26-22(29-21(16)30(4)5)27-19-11-13-20(14-12-19)28-23(32)31(6)24(2,3)17-7-9-18(25)10-8-17/h7-10,15,19-20H,11-14H2,1-6H3,(H,28,32)(H,26,27,29). The number of urea groups is 1. The van der Waals surface area contributed by atoms with E-state index in [-0.39, 0.29) is 12.1 Å². The topological polar surface area (TPSA) is 73.4 Å². The van der Waals surface area contributed by atoms with Crippen molar-refractivity contribution in [2.24, 2.45) is 0 Å². The van der Waals surface area contributed by atoms with Crippen LogP contribution in [0.3, 0.4) is 0 Å². The normalized spacial score (nSPS) is 18.7. The number of hydrogen-bond donors (Lipinski definition) is 2. The first-order valence-corrected chi connectivity index (χ1v) is 11.5. The number of nitrogens with one attached hydrogen (secondary N) is 2. The summed E-state index contributed by atoms with van der Waals surface area (Å²) in [6, 6.07) is 8.08. The predicted molar refractivity (Wildman–Crippen MR) is 132 cm³/mol. The van der Waals surface area contributed by atoms with E-state index in [0.29, 0.717) is 17.0 Å². The molecule has 0 aliphatic heterocycles. The minimum Gasteiger partial charge on any atom is -0.362 e. The number of carbonyl (C=O) groups is 1. The number of nitrogens with zero attached hydrogens (tertiary/aromatic N) is 4. The van der Waals surface area contributed by atoms with Crippen molar-refractivity contribution in [3.63, 3.8) is 0 Å². The molecular formula is C24H35ClN6O. The van der Waals surface area contributed by atoms with Gasteiger partial charge in [-0.2, -0.15) is 4.98 Å². The molecule has 1 aliphatic rings. The van der Waals surface area contributed by atoms with Crippen molar-refractivity contribution in [1.82, 2.24) is 20.2 Å². The number of halogens is 1. The molecule has 0 atom stereocenters. The SMILES string of the molecule is Cc1cnc(NC2CCC(NC(=O)N(C)C(C)(C)c3ccc(Cl)cc3)CC2)nc1N(C)C. The minimum absolute atomic E-state index is 0.0566. The van der Waals surface area contributed by atoms with Crippen LogP contribution in [-0.2, 0) is 5.54 Å². The van der Waals surface area contributed by atoms with Gasteiger partial charge in [-0.15, -0.1) is 0 Å². The summed E-state index contributed by atoms with van der Waals surface area (Å²) >= 11 is 6.02. The lowest BCUT2D eigenvalue weighted by atomic mass is 9.91. The quantitative estimate of drug-likeness (QED) is 0.650. The van der Waals surface area contributed by atoms with Gasteiger partial charge < -0.3 is 20.4 Å². The molecule has 0 spiro atoms. The van der Waals surface area contributed by atoms with E-state index in [0.717, 1.165) is 42.6 Å². The first-order chi connectivity index (χ1) is 15.1. The van der Waals surface area contributed by atoms with Gasteiger partial charge in [0.25, 0.3) is 0 Å². The molecule has 0 bridgehead atoms. The molecule has 0 unspecified atom stereocenters. The Morgan fingerprint density at radius 1 is 1.06 bits per heavy atom. The van der Waals surface area contributed by atoms with Crippen molar-refractivity contribution in [2.45, 2.75) is 64.1 Å². The lowest BCUT2D eigenvalue weighted by Gasteiger charge is -2.38. The van der Waals surface area contributed by atoms with Crippen LogP contribution < -0.4 is 15.5 Å². The van der Waals surface area contributed by atoms with Crippen LogP contribution in [0.5, 0.6) is 0 Å². The summed E-state index contributed by atoms with van der Waals surface area (Å²) in [5.41, 5.74) is 1.65. The van der Waals surface area contributed by atoms with Gasteiger partial charge >= 0.3 is 6.03 Å². The van der Waals surface area contributed by atoms with E-state index >= 15 is 0 Å². The van der Waals surface area contributed by atoms with E-state index in [1.165, 1.54) is 0 Å². The molecule has 8 heteroatoms. The van der Waals surface area contributed by atoms with Gasteiger partial charge in [0.1, 0.15) is 5.82 Å². The molecule has 1 aromatic heterocycles. The van der Waals surface area contributed by atoms with Gasteiger partial charge in [0.2, 0.25) is 5.95 Å². The molecule has 1 aromatic carbocycles. The van der Waals surface area contributed by atoms with E-state index in [4.69, 9.17) is 11.6 Å². The van der Waals surface area contributed by atoms with Crippen LogP contribution in [0, 0.1) is 6.92 Å². The van der Waals surface area contributed by atoms with Crippen molar-refractivity contribution in [3.8, 4) is 0 Å². The largest absolute Gasteiger partial charge is 0.362 e. The Morgan fingerprint density at radius 3 is 2.25 bits per heavy atom. The number of carbonyl (C=O) groups excluding carboxylic acids is 1. The molecule has 2 aromatic rings. The van der Waals surface area contributed by atoms with Crippen LogP contribution >= 0.6 is 11.6 Å². The highest BCUT2D eigenvalue weighted by molar-refractivity contribution is 6.30. The van der Waals surface area contributed by atoms with E-state index in [2.05, 4.69) is 20.6 Å². The van der Waals surface area contributed by atoms with Crippen LogP contribution in [0.25, 0.3) is 0 Å². The molecule has 174 valence electrons. The Labute approximate surface area is 196 Å². The third-order valence-electron chi connectivity index (χ3n) is 6.45. The predicted octanol–water partition coefficient (Wildman–Crippen LogP) is 4.80. The number of benzene rings is 1. The molecule has 1 aliphatic carbocycles. The summed E-state index contributed by atoms with van der Waals surface area (Å²) in [6.07, 6.45) is 5.62. The van der Waals surface area contributed by atoms with Crippen LogP contribution in [0.1, 0.15) is 50.7 Å². The summed E-state index contributed by atoms with van der Waals surface area (Å²) in [6.45, 7) is 6.10. The van der Waals surface area contributed by atoms with Crippen LogP contribution in [-0.4, -0.2) is 54.1 Å². The second kappa shape index (κ2) is 9.94. The fourth-order valence-electron chi connectivity index (χ4n) is 4.10. The summed E-state index contributed by atoms with van der Waals surface area (Å²) in [7, 11) is 5.81. The average Bonchev–Trinajstić information content (AvgIpc) is 2.76. The number of rotatable bonds is 6. The molecule has 1 fully saturated rings. The number of aryl methyl sites for hydroxylation is 1. The van der Waals surface area contributed by atoms with E-state index < -0.39 is 5.54 Å². The van der Waals surface area contributed by atoms with Gasteiger partial charge in [-0.05, 0) is 64.2 Å². The smallest absolute Gasteiger partial charge is 0.318 e. The fraction of sp³-hybridized carbons (Fsp3) is 0.542. The van der Waals surface area contributed by atoms with Crippen LogP contribution in [0.4, 0.5) is 16.6 Å². The summed E-state index contributed by atoms with van der Waals surface area (Å²) in [4.78, 5) is 25.8. The molecule has 0 radical (unpaired) electrons. The molecule has 2 N–H and O–H groups in total. The first-order valence-electron chi connectivity index (χ1n) is 11.2. The highest BCUT2D eigenvalue weighted by Gasteiger charge is 2.31. The zero-order valence-electron chi connectivity index (χ0n) is 19.9. The number of aromatic nitrogens is 2. The summed E-state index contributed by atoms with van der Waals surface area (Å²) in [5, 5.41) is 7.38. The zero-order valence-corrected chi connectivity index (χ0v) is 20.7. The fourth-order valence-corrected chi connectivity index (χ4v) is 4.22. The molecule has 7 nitrogen and oxygen atoms in total. The second-order valence-electron chi connectivity index (χ2n) is 9.36. The van der Waals surface area contributed by atoms with Crippen molar-refractivity contribution >= 4 is 29.4 Å². The van der Waals surface area contributed by atoms with Crippen molar-refractivity contribution in [2.75, 3.05) is 31.4 Å². The van der Waals surface area contributed by atoms with Crippen molar-refractivity contribution in [1.29, 1.82) is 0 Å². The van der Waals surface area contributed by atoms with Gasteiger partial charge in [-0.25, -0.2) is 9.78 Å². The Kier molecular flexibility index (Phi) is 7.49. The van der Waals surface area contributed by atoms with Gasteiger partial charge in [0, 0.05) is 50.0 Å². The molecule has 2 amide bonds. The maximum atomic E-state index is 13.0. The summed E-state index contributed by atoms with van der Waals surface area (Å²) < 4.78 is 0.